The zero-order valence-electron chi connectivity index (χ0n) is 11.3. The van der Waals surface area contributed by atoms with Gasteiger partial charge in [-0.2, -0.15) is 0 Å². The maximum Gasteiger partial charge on any atom is 0.326 e. The summed E-state index contributed by atoms with van der Waals surface area (Å²) in [6.07, 6.45) is 0.976. The van der Waals surface area contributed by atoms with E-state index in [0.29, 0.717) is 0 Å². The lowest BCUT2D eigenvalue weighted by Gasteiger charge is -2.13. The highest BCUT2D eigenvalue weighted by Crippen LogP contribution is 2.22. The van der Waals surface area contributed by atoms with Gasteiger partial charge in [-0.3, -0.25) is 10.3 Å². The van der Waals surface area contributed by atoms with Crippen molar-refractivity contribution in [3.63, 3.8) is 0 Å². The van der Waals surface area contributed by atoms with E-state index in [4.69, 9.17) is 5.73 Å². The van der Waals surface area contributed by atoms with Gasteiger partial charge in [0.15, 0.2) is 5.96 Å². The summed E-state index contributed by atoms with van der Waals surface area (Å²) in [5.41, 5.74) is 9.57. The van der Waals surface area contributed by atoms with Crippen LogP contribution < -0.4 is 16.4 Å². The minimum atomic E-state index is -0.381. The molecule has 0 bridgehead atoms. The van der Waals surface area contributed by atoms with Crippen LogP contribution >= 0.6 is 0 Å². The summed E-state index contributed by atoms with van der Waals surface area (Å²) in [5.74, 6) is 0.0907. The molecular weight excluding hydrogens is 228 g/mol. The van der Waals surface area contributed by atoms with Gasteiger partial charge in [0.05, 0.1) is 0 Å². The Morgan fingerprint density at radius 2 is 1.89 bits per heavy atom. The number of nitrogens with one attached hydrogen (secondary N) is 2. The first-order chi connectivity index (χ1) is 8.47. The molecule has 0 saturated carbocycles. The van der Waals surface area contributed by atoms with Gasteiger partial charge < -0.3 is 11.1 Å². The number of anilines is 1. The standard InChI is InChI=1S/C13H20N4O/c1-5-10-6-8(2)11(9(3)7-10)16-13(18)17-12(14)15-4/h6-7H,5H2,1-4H3,(H4,14,15,16,17,18). The van der Waals surface area contributed by atoms with Crippen LogP contribution in [0.3, 0.4) is 0 Å². The van der Waals surface area contributed by atoms with Crippen LogP contribution in [-0.4, -0.2) is 19.0 Å². The molecule has 98 valence electrons. The Kier molecular flexibility index (Phi) is 4.71. The molecule has 5 nitrogen and oxygen atoms in total. The second-order valence-corrected chi connectivity index (χ2v) is 4.15. The molecule has 1 aromatic rings. The van der Waals surface area contributed by atoms with Crippen molar-refractivity contribution in [3.05, 3.63) is 28.8 Å². The van der Waals surface area contributed by atoms with E-state index in [1.807, 2.05) is 13.8 Å². The minimum absolute atomic E-state index is 0.0907. The molecule has 0 atom stereocenters. The number of aryl methyl sites for hydroxylation is 3. The summed E-state index contributed by atoms with van der Waals surface area (Å²) >= 11 is 0. The van der Waals surface area contributed by atoms with Crippen LogP contribution in [0.5, 0.6) is 0 Å². The van der Waals surface area contributed by atoms with E-state index < -0.39 is 0 Å². The lowest BCUT2D eigenvalue weighted by molar-refractivity contribution is 0.256. The van der Waals surface area contributed by atoms with Gasteiger partial charge in [0, 0.05) is 12.7 Å². The van der Waals surface area contributed by atoms with Gasteiger partial charge in [0.1, 0.15) is 0 Å². The van der Waals surface area contributed by atoms with Gasteiger partial charge in [0.25, 0.3) is 0 Å². The Hall–Kier alpha value is -2.04. The fraction of sp³-hybridized carbons (Fsp3) is 0.385. The smallest absolute Gasteiger partial charge is 0.326 e. The fourth-order valence-corrected chi connectivity index (χ4v) is 1.77. The molecule has 2 amide bonds. The monoisotopic (exact) mass is 248 g/mol. The Balaban J connectivity index is 2.88. The number of nitrogens with zero attached hydrogens (tertiary/aromatic N) is 1. The van der Waals surface area contributed by atoms with E-state index in [2.05, 4.69) is 34.7 Å². The van der Waals surface area contributed by atoms with Gasteiger partial charge in [-0.05, 0) is 37.0 Å². The molecule has 0 radical (unpaired) electrons. The van der Waals surface area contributed by atoms with E-state index in [1.165, 1.54) is 12.6 Å². The number of urea groups is 1. The summed E-state index contributed by atoms with van der Waals surface area (Å²) in [4.78, 5) is 15.3. The molecule has 0 spiro atoms. The molecule has 5 heteroatoms. The van der Waals surface area contributed by atoms with E-state index >= 15 is 0 Å². The number of hydrogen-bond acceptors (Lipinski definition) is 2. The predicted molar refractivity (Wildman–Crippen MR) is 75.0 cm³/mol. The second-order valence-electron chi connectivity index (χ2n) is 4.15. The molecule has 4 N–H and O–H groups in total. The molecule has 0 unspecified atom stereocenters. The van der Waals surface area contributed by atoms with Crippen LogP contribution in [0.2, 0.25) is 0 Å². The highest BCUT2D eigenvalue weighted by molar-refractivity contribution is 6.02. The quantitative estimate of drug-likeness (QED) is 0.552. The lowest BCUT2D eigenvalue weighted by Crippen LogP contribution is -2.39. The number of carbonyl (C=O) groups is 1. The minimum Gasteiger partial charge on any atom is -0.370 e. The van der Waals surface area contributed by atoms with Crippen molar-refractivity contribution in [2.45, 2.75) is 27.2 Å². The number of aliphatic imine (C=N–C) groups is 1. The number of guanidine groups is 1. The first kappa shape index (κ1) is 14.0. The molecule has 1 aromatic carbocycles. The average molecular weight is 248 g/mol. The van der Waals surface area contributed by atoms with Gasteiger partial charge in [-0.15, -0.1) is 0 Å². The van der Waals surface area contributed by atoms with Crippen LogP contribution in [0.1, 0.15) is 23.6 Å². The molecule has 0 fully saturated rings. The number of nitrogens with two attached hydrogens (primary N) is 1. The van der Waals surface area contributed by atoms with Gasteiger partial charge >= 0.3 is 6.03 Å². The van der Waals surface area contributed by atoms with Gasteiger partial charge in [-0.1, -0.05) is 19.1 Å². The van der Waals surface area contributed by atoms with Crippen molar-refractivity contribution in [3.8, 4) is 0 Å². The highest BCUT2D eigenvalue weighted by atomic mass is 16.2. The highest BCUT2D eigenvalue weighted by Gasteiger charge is 2.09. The maximum atomic E-state index is 11.7. The van der Waals surface area contributed by atoms with Crippen molar-refractivity contribution in [2.24, 2.45) is 10.7 Å². The summed E-state index contributed by atoms with van der Waals surface area (Å²) in [6, 6.07) is 3.76. The Morgan fingerprint density at radius 1 is 1.33 bits per heavy atom. The summed E-state index contributed by atoms with van der Waals surface area (Å²) in [5, 5.41) is 5.22. The Labute approximate surface area is 107 Å². The van der Waals surface area contributed by atoms with Crippen molar-refractivity contribution >= 4 is 17.7 Å². The largest absolute Gasteiger partial charge is 0.370 e. The van der Waals surface area contributed by atoms with Crippen molar-refractivity contribution in [1.29, 1.82) is 0 Å². The third-order valence-corrected chi connectivity index (χ3v) is 2.72. The van der Waals surface area contributed by atoms with Crippen molar-refractivity contribution < 1.29 is 4.79 Å². The first-order valence-corrected chi connectivity index (χ1v) is 5.88. The third-order valence-electron chi connectivity index (χ3n) is 2.72. The summed E-state index contributed by atoms with van der Waals surface area (Å²) in [7, 11) is 1.52. The second kappa shape index (κ2) is 6.05. The zero-order valence-corrected chi connectivity index (χ0v) is 11.3. The van der Waals surface area contributed by atoms with E-state index in [9.17, 15) is 4.79 Å². The third kappa shape index (κ3) is 3.48. The fourth-order valence-electron chi connectivity index (χ4n) is 1.77. The van der Waals surface area contributed by atoms with Gasteiger partial charge in [-0.25, -0.2) is 4.79 Å². The molecule has 0 heterocycles. The number of carbonyl (C=O) groups excluding carboxylic acids is 1. The average Bonchev–Trinajstić information content (AvgIpc) is 2.33. The van der Waals surface area contributed by atoms with Gasteiger partial charge in [0.2, 0.25) is 0 Å². The van der Waals surface area contributed by atoms with Crippen LogP contribution in [0.15, 0.2) is 17.1 Å². The lowest BCUT2D eigenvalue weighted by atomic mass is 10.0. The van der Waals surface area contributed by atoms with E-state index in [0.717, 1.165) is 23.2 Å². The zero-order chi connectivity index (χ0) is 13.7. The summed E-state index contributed by atoms with van der Waals surface area (Å²) < 4.78 is 0. The van der Waals surface area contributed by atoms with Crippen molar-refractivity contribution in [1.82, 2.24) is 5.32 Å². The molecular formula is C13H20N4O. The summed E-state index contributed by atoms with van der Waals surface area (Å²) in [6.45, 7) is 6.05. The molecule has 18 heavy (non-hydrogen) atoms. The molecule has 0 aliphatic rings. The molecule has 0 aliphatic heterocycles. The predicted octanol–water partition coefficient (Wildman–Crippen LogP) is 1.93. The SMILES string of the molecule is CCc1cc(C)c(NC(=O)NC(N)=NC)c(C)c1. The molecule has 0 saturated heterocycles. The number of rotatable bonds is 2. The molecule has 0 aromatic heterocycles. The van der Waals surface area contributed by atoms with E-state index in [1.54, 1.807) is 0 Å². The van der Waals surface area contributed by atoms with Crippen LogP contribution in [-0.2, 0) is 6.42 Å². The Morgan fingerprint density at radius 3 is 2.33 bits per heavy atom. The molecule has 1 rings (SSSR count). The number of benzene rings is 1. The number of hydrogen-bond donors (Lipinski definition) is 3. The first-order valence-electron chi connectivity index (χ1n) is 5.88. The van der Waals surface area contributed by atoms with Crippen molar-refractivity contribution in [2.75, 3.05) is 12.4 Å². The van der Waals surface area contributed by atoms with E-state index in [-0.39, 0.29) is 12.0 Å². The number of amides is 2. The van der Waals surface area contributed by atoms with Crippen LogP contribution in [0.4, 0.5) is 10.5 Å². The topological polar surface area (TPSA) is 79.5 Å². The van der Waals surface area contributed by atoms with Crippen LogP contribution in [0, 0.1) is 13.8 Å². The maximum absolute atomic E-state index is 11.7. The Bertz CT molecular complexity index is 457. The van der Waals surface area contributed by atoms with Crippen LogP contribution in [0.25, 0.3) is 0 Å². The normalized spacial score (nSPS) is 11.2. The molecule has 0 aliphatic carbocycles.